The summed E-state index contributed by atoms with van der Waals surface area (Å²) >= 11 is 0. The number of nitrogens with zero attached hydrogens (tertiary/aromatic N) is 3. The maximum Gasteiger partial charge on any atom is 0.261 e. The molecule has 1 amide bonds. The van der Waals surface area contributed by atoms with Crippen LogP contribution in [0.5, 0.6) is 0 Å². The molecule has 2 aromatic heterocycles. The molecule has 3 aromatic rings. The summed E-state index contributed by atoms with van der Waals surface area (Å²) in [6.45, 7) is 1.77. The van der Waals surface area contributed by atoms with Gasteiger partial charge in [0.05, 0.1) is 16.9 Å². The summed E-state index contributed by atoms with van der Waals surface area (Å²) in [5, 5.41) is 0. The molecule has 0 spiro atoms. The summed E-state index contributed by atoms with van der Waals surface area (Å²) in [7, 11) is 3.67. The summed E-state index contributed by atoms with van der Waals surface area (Å²) in [6.07, 6.45) is 3.65. The standard InChI is InChI=1S/C20H19N3O2/c1-13-11-15(12-22(3)19(13)24)23-17(14-7-5-4-6-8-14)18-16(20(23)25)9-10-21(18)2/h4-12,17H,1-3H3. The Hall–Kier alpha value is -3.08. The first-order valence-corrected chi connectivity index (χ1v) is 8.20. The van der Waals surface area contributed by atoms with Crippen LogP contribution in [0.4, 0.5) is 5.69 Å². The van der Waals surface area contributed by atoms with Gasteiger partial charge in [-0.25, -0.2) is 0 Å². The molecule has 0 saturated heterocycles. The van der Waals surface area contributed by atoms with Crippen molar-refractivity contribution in [1.82, 2.24) is 9.13 Å². The third-order valence-corrected chi connectivity index (χ3v) is 4.83. The molecule has 0 N–H and O–H groups in total. The van der Waals surface area contributed by atoms with Crippen LogP contribution >= 0.6 is 0 Å². The normalized spacial score (nSPS) is 16.4. The Bertz CT molecular complexity index is 1000. The minimum atomic E-state index is -0.208. The Morgan fingerprint density at radius 3 is 2.36 bits per heavy atom. The number of carbonyl (C=O) groups excluding carboxylic acids is 1. The van der Waals surface area contributed by atoms with Crippen molar-refractivity contribution < 1.29 is 4.79 Å². The van der Waals surface area contributed by atoms with Gasteiger partial charge in [0.25, 0.3) is 11.5 Å². The van der Waals surface area contributed by atoms with E-state index in [0.717, 1.165) is 16.9 Å². The van der Waals surface area contributed by atoms with Crippen LogP contribution < -0.4 is 10.5 Å². The lowest BCUT2D eigenvalue weighted by atomic mass is 10.0. The first-order valence-electron chi connectivity index (χ1n) is 8.20. The molecule has 1 aliphatic heterocycles. The molecule has 0 aliphatic carbocycles. The van der Waals surface area contributed by atoms with Gasteiger partial charge in [-0.1, -0.05) is 30.3 Å². The summed E-state index contributed by atoms with van der Waals surface area (Å²) in [6, 6.07) is 13.4. The lowest BCUT2D eigenvalue weighted by Gasteiger charge is -2.27. The molecule has 5 nitrogen and oxygen atoms in total. The van der Waals surface area contributed by atoms with Crippen LogP contribution in [-0.4, -0.2) is 15.0 Å². The summed E-state index contributed by atoms with van der Waals surface area (Å²) in [5.74, 6) is -0.0393. The topological polar surface area (TPSA) is 47.2 Å². The van der Waals surface area contributed by atoms with Crippen molar-refractivity contribution in [2.45, 2.75) is 13.0 Å². The van der Waals surface area contributed by atoms with E-state index in [1.54, 1.807) is 31.1 Å². The number of aryl methyl sites for hydroxylation is 3. The van der Waals surface area contributed by atoms with Crippen molar-refractivity contribution >= 4 is 11.6 Å². The highest BCUT2D eigenvalue weighted by atomic mass is 16.2. The SMILES string of the molecule is Cc1cc(N2C(=O)c3ccn(C)c3C2c2ccccc2)cn(C)c1=O. The number of fused-ring (bicyclic) bond motifs is 1. The summed E-state index contributed by atoms with van der Waals surface area (Å²) in [4.78, 5) is 27.0. The van der Waals surface area contributed by atoms with Gasteiger partial charge in [-0.15, -0.1) is 0 Å². The van der Waals surface area contributed by atoms with Crippen molar-refractivity contribution in [3.05, 3.63) is 87.6 Å². The minimum Gasteiger partial charge on any atom is -0.352 e. The van der Waals surface area contributed by atoms with Crippen LogP contribution in [0.1, 0.15) is 33.2 Å². The van der Waals surface area contributed by atoms with Crippen LogP contribution in [0.15, 0.2) is 59.7 Å². The molecule has 5 heteroatoms. The molecule has 4 rings (SSSR count). The number of pyridine rings is 1. The van der Waals surface area contributed by atoms with Crippen LogP contribution in [0.3, 0.4) is 0 Å². The molecule has 3 heterocycles. The molecule has 0 fully saturated rings. The van der Waals surface area contributed by atoms with Crippen LogP contribution in [-0.2, 0) is 14.1 Å². The van der Waals surface area contributed by atoms with Crippen LogP contribution in [0.25, 0.3) is 0 Å². The number of hydrogen-bond acceptors (Lipinski definition) is 2. The fraction of sp³-hybridized carbons (Fsp3) is 0.200. The number of hydrogen-bond donors (Lipinski definition) is 0. The number of anilines is 1. The molecule has 0 bridgehead atoms. The van der Waals surface area contributed by atoms with E-state index in [-0.39, 0.29) is 17.5 Å². The Labute approximate surface area is 145 Å². The lowest BCUT2D eigenvalue weighted by Crippen LogP contribution is -2.31. The third kappa shape index (κ3) is 2.23. The molecule has 1 unspecified atom stereocenters. The largest absolute Gasteiger partial charge is 0.352 e. The van der Waals surface area contributed by atoms with Crippen molar-refractivity contribution in [1.29, 1.82) is 0 Å². The quantitative estimate of drug-likeness (QED) is 0.724. The molecule has 0 radical (unpaired) electrons. The summed E-state index contributed by atoms with van der Waals surface area (Å²) < 4.78 is 3.53. The van der Waals surface area contributed by atoms with Gasteiger partial charge in [-0.3, -0.25) is 14.5 Å². The van der Waals surface area contributed by atoms with Gasteiger partial charge in [0.15, 0.2) is 0 Å². The smallest absolute Gasteiger partial charge is 0.261 e. The van der Waals surface area contributed by atoms with Gasteiger partial charge in [0, 0.05) is 32.1 Å². The minimum absolute atomic E-state index is 0.0393. The fourth-order valence-electron chi connectivity index (χ4n) is 3.63. The Morgan fingerprint density at radius 1 is 0.960 bits per heavy atom. The van der Waals surface area contributed by atoms with E-state index in [4.69, 9.17) is 0 Å². The molecular formula is C20H19N3O2. The molecule has 126 valence electrons. The van der Waals surface area contributed by atoms with E-state index in [9.17, 15) is 9.59 Å². The van der Waals surface area contributed by atoms with Gasteiger partial charge in [0.2, 0.25) is 0 Å². The predicted molar refractivity (Wildman–Crippen MR) is 96.9 cm³/mol. The Kier molecular flexibility index (Phi) is 3.39. The summed E-state index contributed by atoms with van der Waals surface area (Å²) in [5.41, 5.74) is 4.03. The van der Waals surface area contributed by atoms with Gasteiger partial charge in [0.1, 0.15) is 6.04 Å². The third-order valence-electron chi connectivity index (χ3n) is 4.83. The zero-order valence-corrected chi connectivity index (χ0v) is 14.4. The van der Waals surface area contributed by atoms with E-state index >= 15 is 0 Å². The number of carbonyl (C=O) groups is 1. The Morgan fingerprint density at radius 2 is 1.68 bits per heavy atom. The molecule has 1 atom stereocenters. The van der Waals surface area contributed by atoms with E-state index in [1.807, 2.05) is 54.2 Å². The molecule has 1 aromatic carbocycles. The average molecular weight is 333 g/mol. The molecule has 25 heavy (non-hydrogen) atoms. The molecule has 0 saturated carbocycles. The van der Waals surface area contributed by atoms with Crippen molar-refractivity contribution in [2.24, 2.45) is 14.1 Å². The van der Waals surface area contributed by atoms with E-state index in [2.05, 4.69) is 0 Å². The second-order valence-corrected chi connectivity index (χ2v) is 6.51. The number of aromatic nitrogens is 2. The highest BCUT2D eigenvalue weighted by Gasteiger charge is 2.41. The highest BCUT2D eigenvalue weighted by molar-refractivity contribution is 6.11. The van der Waals surface area contributed by atoms with E-state index in [1.165, 1.54) is 4.57 Å². The van der Waals surface area contributed by atoms with E-state index < -0.39 is 0 Å². The second-order valence-electron chi connectivity index (χ2n) is 6.51. The van der Waals surface area contributed by atoms with Gasteiger partial charge in [-0.2, -0.15) is 0 Å². The number of rotatable bonds is 2. The number of benzene rings is 1. The number of amides is 1. The fourth-order valence-corrected chi connectivity index (χ4v) is 3.63. The van der Waals surface area contributed by atoms with Crippen molar-refractivity contribution in [3.63, 3.8) is 0 Å². The lowest BCUT2D eigenvalue weighted by molar-refractivity contribution is 0.0993. The van der Waals surface area contributed by atoms with Gasteiger partial charge in [-0.05, 0) is 24.6 Å². The Balaban J connectivity index is 1.95. The maximum atomic E-state index is 13.1. The zero-order valence-electron chi connectivity index (χ0n) is 14.4. The van der Waals surface area contributed by atoms with Crippen molar-refractivity contribution in [2.75, 3.05) is 4.90 Å². The monoisotopic (exact) mass is 333 g/mol. The predicted octanol–water partition coefficient (Wildman–Crippen LogP) is 2.78. The highest BCUT2D eigenvalue weighted by Crippen LogP contribution is 2.41. The first-order chi connectivity index (χ1) is 12.0. The zero-order chi connectivity index (χ0) is 17.7. The van der Waals surface area contributed by atoms with E-state index in [0.29, 0.717) is 11.1 Å². The first kappa shape index (κ1) is 15.4. The van der Waals surface area contributed by atoms with Gasteiger partial charge < -0.3 is 9.13 Å². The molecule has 1 aliphatic rings. The van der Waals surface area contributed by atoms with Crippen LogP contribution in [0.2, 0.25) is 0 Å². The average Bonchev–Trinajstić information content (AvgIpc) is 3.12. The molecular weight excluding hydrogens is 314 g/mol. The van der Waals surface area contributed by atoms with Crippen LogP contribution in [0, 0.1) is 6.92 Å². The maximum absolute atomic E-state index is 13.1. The van der Waals surface area contributed by atoms with Gasteiger partial charge >= 0.3 is 0 Å². The second kappa shape index (κ2) is 5.48. The van der Waals surface area contributed by atoms with Crippen molar-refractivity contribution in [3.8, 4) is 0 Å².